The van der Waals surface area contributed by atoms with Gasteiger partial charge in [0.1, 0.15) is 18.2 Å². The van der Waals surface area contributed by atoms with Crippen molar-refractivity contribution in [3.8, 4) is 17.0 Å². The number of hydrogen-bond donors (Lipinski definition) is 5. The summed E-state index contributed by atoms with van der Waals surface area (Å²) < 4.78 is 13.4. The Morgan fingerprint density at radius 3 is 2.58 bits per heavy atom. The molecule has 0 saturated heterocycles. The summed E-state index contributed by atoms with van der Waals surface area (Å²) in [5.74, 6) is -0.107. The Morgan fingerprint density at radius 1 is 1.15 bits per heavy atom. The predicted molar refractivity (Wildman–Crippen MR) is 128 cm³/mol. The van der Waals surface area contributed by atoms with E-state index in [9.17, 15) is 19.4 Å². The molecule has 174 valence electrons. The van der Waals surface area contributed by atoms with Gasteiger partial charge in [-0.2, -0.15) is 0 Å². The minimum Gasteiger partial charge on any atom is -0.507 e. The van der Waals surface area contributed by atoms with Crippen LogP contribution in [0.2, 0.25) is 5.02 Å². The van der Waals surface area contributed by atoms with Crippen LogP contribution in [0.1, 0.15) is 25.0 Å². The Kier molecular flexibility index (Phi) is 7.40. The van der Waals surface area contributed by atoms with Crippen molar-refractivity contribution in [2.45, 2.75) is 27.1 Å². The molecule has 0 bridgehead atoms. The summed E-state index contributed by atoms with van der Waals surface area (Å²) in [7, 11) is 0. The maximum Gasteiger partial charge on any atom is 0.228 e. The highest BCUT2D eigenvalue weighted by molar-refractivity contribution is 6.30. The molecule has 7 nitrogen and oxygen atoms in total. The van der Waals surface area contributed by atoms with Crippen molar-refractivity contribution in [3.05, 3.63) is 64.7 Å². The zero-order valence-corrected chi connectivity index (χ0v) is 19.1. The van der Waals surface area contributed by atoms with Crippen molar-refractivity contribution < 1.29 is 19.4 Å². The molecule has 0 aliphatic carbocycles. The van der Waals surface area contributed by atoms with Crippen molar-refractivity contribution >= 4 is 34.7 Å². The molecule has 0 unspecified atom stereocenters. The number of aromatic nitrogens is 1. The van der Waals surface area contributed by atoms with Gasteiger partial charge >= 0.3 is 0 Å². The van der Waals surface area contributed by atoms with E-state index in [0.29, 0.717) is 38.8 Å². The molecule has 0 spiro atoms. The first-order valence-corrected chi connectivity index (χ1v) is 10.6. The van der Waals surface area contributed by atoms with Crippen LogP contribution in [0.15, 0.2) is 48.5 Å². The summed E-state index contributed by atoms with van der Waals surface area (Å²) in [4.78, 5) is 16.5. The summed E-state index contributed by atoms with van der Waals surface area (Å²) >= 11 is 5.94. The Labute approximate surface area is 196 Å². The van der Waals surface area contributed by atoms with Crippen LogP contribution in [0.4, 0.5) is 21.6 Å². The van der Waals surface area contributed by atoms with E-state index >= 15 is 0 Å². The largest absolute Gasteiger partial charge is 0.507 e. The van der Waals surface area contributed by atoms with E-state index in [1.54, 1.807) is 56.3 Å². The number of aliphatic hydroxyl groups excluding tert-OH is 1. The highest BCUT2D eigenvalue weighted by Crippen LogP contribution is 2.33. The van der Waals surface area contributed by atoms with E-state index in [1.165, 1.54) is 6.07 Å². The number of nitrogen functional groups attached to an aromatic ring is 1. The number of pyridine rings is 1. The lowest BCUT2D eigenvalue weighted by molar-refractivity contribution is -0.131. The number of phenols is 1. The molecule has 0 atom stereocenters. The van der Waals surface area contributed by atoms with Gasteiger partial charge in [0.15, 0.2) is 0 Å². The second kappa shape index (κ2) is 10.1. The Morgan fingerprint density at radius 2 is 1.91 bits per heavy atom. The number of halogens is 2. The molecule has 1 heterocycles. The molecule has 0 fully saturated rings. The summed E-state index contributed by atoms with van der Waals surface area (Å²) in [6.45, 7) is 2.46. The number of hydrogen-bond acceptors (Lipinski definition) is 6. The lowest BCUT2D eigenvalue weighted by Gasteiger charge is -2.20. The molecule has 1 aromatic heterocycles. The fraction of sp³-hybridized carbons (Fsp3) is 0.250. The van der Waals surface area contributed by atoms with E-state index in [-0.39, 0.29) is 30.6 Å². The number of amides is 1. The van der Waals surface area contributed by atoms with Gasteiger partial charge in [-0.15, -0.1) is 0 Å². The van der Waals surface area contributed by atoms with Crippen molar-refractivity contribution in [3.63, 3.8) is 0 Å². The van der Waals surface area contributed by atoms with E-state index < -0.39 is 12.1 Å². The van der Waals surface area contributed by atoms with Gasteiger partial charge in [0, 0.05) is 39.6 Å². The maximum atomic E-state index is 13.4. The summed E-state index contributed by atoms with van der Waals surface area (Å²) in [5.41, 5.74) is 8.22. The molecule has 0 aliphatic rings. The third kappa shape index (κ3) is 5.71. The smallest absolute Gasteiger partial charge is 0.228 e. The fourth-order valence-electron chi connectivity index (χ4n) is 3.06. The Balaban J connectivity index is 1.82. The van der Waals surface area contributed by atoms with Crippen LogP contribution < -0.4 is 16.4 Å². The maximum absolute atomic E-state index is 13.4. The highest BCUT2D eigenvalue weighted by atomic mass is 35.5. The molecule has 1 amide bonds. The fourth-order valence-corrected chi connectivity index (χ4v) is 3.25. The minimum atomic E-state index is -0.909. The molecule has 0 saturated carbocycles. The molecule has 3 aromatic rings. The topological polar surface area (TPSA) is 120 Å². The first kappa shape index (κ1) is 24.3. The second-order valence-corrected chi connectivity index (χ2v) is 8.69. The molecule has 0 radical (unpaired) electrons. The molecule has 2 aromatic carbocycles. The molecule has 33 heavy (non-hydrogen) atoms. The van der Waals surface area contributed by atoms with Crippen molar-refractivity contribution in [1.82, 2.24) is 10.3 Å². The standard InChI is InChI=1S/C24H26ClFN4O3/c1-24(2,13-31)23(33)28-12-14-3-6-20(30-22(14)27)18-10-17(5-8-21(18)32)29-19-7-4-16(25)9-15(19)11-26/h3-10,29,31-32H,11-13H2,1-2H3,(H2,27,30)(H,28,33). The van der Waals surface area contributed by atoms with E-state index in [4.69, 9.17) is 17.3 Å². The van der Waals surface area contributed by atoms with Crippen molar-refractivity contribution in [1.29, 1.82) is 0 Å². The first-order chi connectivity index (χ1) is 15.6. The van der Waals surface area contributed by atoms with Gasteiger partial charge in [-0.3, -0.25) is 4.79 Å². The number of alkyl halides is 1. The molecule has 9 heteroatoms. The quantitative estimate of drug-likeness (QED) is 0.307. The second-order valence-electron chi connectivity index (χ2n) is 8.26. The third-order valence-corrected chi connectivity index (χ3v) is 5.46. The molecular formula is C24H26ClFN4O3. The number of nitrogens with two attached hydrogens (primary N) is 1. The molecule has 6 N–H and O–H groups in total. The first-order valence-electron chi connectivity index (χ1n) is 10.2. The number of nitrogens with one attached hydrogen (secondary N) is 2. The number of carbonyl (C=O) groups excluding carboxylic acids is 1. The lowest BCUT2D eigenvalue weighted by Crippen LogP contribution is -2.39. The number of anilines is 3. The third-order valence-electron chi connectivity index (χ3n) is 5.22. The van der Waals surface area contributed by atoms with E-state index in [1.807, 2.05) is 0 Å². The van der Waals surface area contributed by atoms with Gasteiger partial charge in [0.2, 0.25) is 5.91 Å². The van der Waals surface area contributed by atoms with Gasteiger partial charge < -0.3 is 26.6 Å². The number of phenolic OH excluding ortho intramolecular Hbond substituents is 1. The van der Waals surface area contributed by atoms with Crippen LogP contribution >= 0.6 is 11.6 Å². The van der Waals surface area contributed by atoms with Gasteiger partial charge in [0.05, 0.1) is 17.7 Å². The normalized spacial score (nSPS) is 11.3. The van der Waals surface area contributed by atoms with Crippen LogP contribution in [0, 0.1) is 5.41 Å². The molecule has 3 rings (SSSR count). The van der Waals surface area contributed by atoms with Crippen LogP contribution in [-0.4, -0.2) is 27.7 Å². The van der Waals surface area contributed by atoms with Gasteiger partial charge in [-0.25, -0.2) is 9.37 Å². The average molecular weight is 473 g/mol. The Hall–Kier alpha value is -3.36. The Bertz CT molecular complexity index is 1170. The number of aromatic hydroxyl groups is 1. The van der Waals surface area contributed by atoms with Crippen LogP contribution in [0.3, 0.4) is 0 Å². The predicted octanol–water partition coefficient (Wildman–Crippen LogP) is 4.54. The SMILES string of the molecule is CC(C)(CO)C(=O)NCc1ccc(-c2cc(Nc3ccc(Cl)cc3CF)ccc2O)nc1N. The number of carbonyl (C=O) groups is 1. The highest BCUT2D eigenvalue weighted by Gasteiger charge is 2.26. The van der Waals surface area contributed by atoms with Crippen LogP contribution in [0.5, 0.6) is 5.75 Å². The zero-order chi connectivity index (χ0) is 24.2. The number of rotatable bonds is 8. The number of aliphatic hydroxyl groups is 1. The monoisotopic (exact) mass is 472 g/mol. The van der Waals surface area contributed by atoms with Crippen LogP contribution in [-0.2, 0) is 18.0 Å². The number of benzene rings is 2. The van der Waals surface area contributed by atoms with Crippen molar-refractivity contribution in [2.75, 3.05) is 17.7 Å². The summed E-state index contributed by atoms with van der Waals surface area (Å²) in [6.07, 6.45) is 0. The average Bonchev–Trinajstić information content (AvgIpc) is 2.80. The minimum absolute atomic E-state index is 0.0000178. The summed E-state index contributed by atoms with van der Waals surface area (Å²) in [5, 5.41) is 26.0. The molecule has 0 aliphatic heterocycles. The zero-order valence-electron chi connectivity index (χ0n) is 18.3. The van der Waals surface area contributed by atoms with E-state index in [2.05, 4.69) is 15.6 Å². The molecular weight excluding hydrogens is 447 g/mol. The summed E-state index contributed by atoms with van der Waals surface area (Å²) in [6, 6.07) is 13.1. The van der Waals surface area contributed by atoms with E-state index in [0.717, 1.165) is 0 Å². The van der Waals surface area contributed by atoms with Gasteiger partial charge in [-0.1, -0.05) is 17.7 Å². The van der Waals surface area contributed by atoms with Crippen LogP contribution in [0.25, 0.3) is 11.3 Å². The lowest BCUT2D eigenvalue weighted by atomic mass is 9.94. The van der Waals surface area contributed by atoms with Crippen molar-refractivity contribution in [2.24, 2.45) is 5.41 Å². The number of nitrogens with zero attached hydrogens (tertiary/aromatic N) is 1. The van der Waals surface area contributed by atoms with Gasteiger partial charge in [-0.05, 0) is 56.3 Å². The van der Waals surface area contributed by atoms with Gasteiger partial charge in [0.25, 0.3) is 0 Å².